The largest absolute Gasteiger partial charge is 0.416 e. The molecule has 0 atom stereocenters. The second-order valence-electron chi connectivity index (χ2n) is 5.73. The van der Waals surface area contributed by atoms with Crippen molar-refractivity contribution in [3.63, 3.8) is 0 Å². The van der Waals surface area contributed by atoms with E-state index in [2.05, 4.69) is 10.5 Å². The number of aromatic nitrogens is 1. The van der Waals surface area contributed by atoms with E-state index in [4.69, 9.17) is 9.26 Å². The third-order valence-corrected chi connectivity index (χ3v) is 5.40. The number of anilines is 1. The predicted octanol–water partition coefficient (Wildman–Crippen LogP) is 2.28. The van der Waals surface area contributed by atoms with Gasteiger partial charge >= 0.3 is 6.18 Å². The molecule has 0 bridgehead atoms. The van der Waals surface area contributed by atoms with Gasteiger partial charge in [0.05, 0.1) is 23.6 Å². The normalized spacial score (nSPS) is 12.4. The highest BCUT2D eigenvalue weighted by Crippen LogP contribution is 2.31. The minimum Gasteiger partial charge on any atom is -0.383 e. The fourth-order valence-electron chi connectivity index (χ4n) is 2.23. The zero-order valence-electron chi connectivity index (χ0n) is 15.0. The Kier molecular flexibility index (Phi) is 6.80. The van der Waals surface area contributed by atoms with Gasteiger partial charge in [-0.3, -0.25) is 4.79 Å². The SMILES string of the molecule is COCCN(CC(=O)Nc1cc(C)on1)S(=O)(=O)c1cccc(C(F)(F)F)c1. The van der Waals surface area contributed by atoms with E-state index in [0.29, 0.717) is 11.8 Å². The number of sulfonamides is 1. The average Bonchev–Trinajstić information content (AvgIpc) is 3.02. The lowest BCUT2D eigenvalue weighted by Gasteiger charge is -2.21. The number of alkyl halides is 3. The van der Waals surface area contributed by atoms with E-state index in [-0.39, 0.29) is 19.0 Å². The van der Waals surface area contributed by atoms with Crippen LogP contribution in [0, 0.1) is 6.92 Å². The van der Waals surface area contributed by atoms with Crippen LogP contribution in [0.15, 0.2) is 39.8 Å². The van der Waals surface area contributed by atoms with Crippen LogP contribution in [0.2, 0.25) is 0 Å². The topological polar surface area (TPSA) is 102 Å². The molecule has 0 aliphatic heterocycles. The number of methoxy groups -OCH3 is 1. The maximum absolute atomic E-state index is 12.9. The first-order chi connectivity index (χ1) is 13.0. The van der Waals surface area contributed by atoms with Crippen LogP contribution in [0.25, 0.3) is 0 Å². The smallest absolute Gasteiger partial charge is 0.383 e. The molecule has 0 saturated heterocycles. The molecule has 1 amide bonds. The van der Waals surface area contributed by atoms with Gasteiger partial charge in [0.2, 0.25) is 15.9 Å². The predicted molar refractivity (Wildman–Crippen MR) is 91.9 cm³/mol. The number of nitrogens with one attached hydrogen (secondary N) is 1. The van der Waals surface area contributed by atoms with Gasteiger partial charge in [-0.2, -0.15) is 17.5 Å². The van der Waals surface area contributed by atoms with E-state index in [0.717, 1.165) is 22.5 Å². The van der Waals surface area contributed by atoms with Gasteiger partial charge in [-0.05, 0) is 25.1 Å². The standard InChI is InChI=1S/C16H18F3N3O5S/c1-11-8-14(21-27-11)20-15(23)10-22(6-7-26-2)28(24,25)13-5-3-4-12(9-13)16(17,18)19/h3-5,8-9H,6-7,10H2,1-2H3,(H,20,21,23). The van der Waals surface area contributed by atoms with E-state index in [1.807, 2.05) is 0 Å². The highest BCUT2D eigenvalue weighted by Gasteiger charge is 2.33. The lowest BCUT2D eigenvalue weighted by molar-refractivity contribution is -0.137. The van der Waals surface area contributed by atoms with Crippen LogP contribution in [0.3, 0.4) is 0 Å². The van der Waals surface area contributed by atoms with Gasteiger partial charge in [-0.25, -0.2) is 8.42 Å². The van der Waals surface area contributed by atoms with Crippen molar-refractivity contribution >= 4 is 21.7 Å². The lowest BCUT2D eigenvalue weighted by atomic mass is 10.2. The van der Waals surface area contributed by atoms with Crippen LogP contribution in [0.5, 0.6) is 0 Å². The van der Waals surface area contributed by atoms with E-state index < -0.39 is 39.1 Å². The van der Waals surface area contributed by atoms with Crippen molar-refractivity contribution in [1.82, 2.24) is 9.46 Å². The van der Waals surface area contributed by atoms with E-state index >= 15 is 0 Å². The van der Waals surface area contributed by atoms with Gasteiger partial charge in [0.25, 0.3) is 0 Å². The number of ether oxygens (including phenoxy) is 1. The second kappa shape index (κ2) is 8.71. The molecule has 1 N–H and O–H groups in total. The summed E-state index contributed by atoms with van der Waals surface area (Å²) in [5, 5.41) is 5.92. The summed E-state index contributed by atoms with van der Waals surface area (Å²) < 4.78 is 74.7. The fourth-order valence-corrected chi connectivity index (χ4v) is 3.65. The molecule has 8 nitrogen and oxygen atoms in total. The number of nitrogens with zero attached hydrogens (tertiary/aromatic N) is 2. The van der Waals surface area contributed by atoms with Gasteiger partial charge in [0.1, 0.15) is 5.76 Å². The van der Waals surface area contributed by atoms with Crippen molar-refractivity contribution in [3.8, 4) is 0 Å². The molecule has 2 aromatic rings. The van der Waals surface area contributed by atoms with Gasteiger partial charge in [-0.15, -0.1) is 0 Å². The highest BCUT2D eigenvalue weighted by atomic mass is 32.2. The van der Waals surface area contributed by atoms with Gasteiger partial charge in [0.15, 0.2) is 5.82 Å². The Hall–Kier alpha value is -2.44. The first-order valence-electron chi connectivity index (χ1n) is 7.93. The van der Waals surface area contributed by atoms with Gasteiger partial charge < -0.3 is 14.6 Å². The molecule has 0 radical (unpaired) electrons. The van der Waals surface area contributed by atoms with E-state index in [1.165, 1.54) is 13.2 Å². The fraction of sp³-hybridized carbons (Fsp3) is 0.375. The number of rotatable bonds is 8. The first kappa shape index (κ1) is 21.9. The molecule has 154 valence electrons. The Labute approximate surface area is 159 Å². The Morgan fingerprint density at radius 3 is 2.61 bits per heavy atom. The van der Waals surface area contributed by atoms with Crippen molar-refractivity contribution in [2.24, 2.45) is 0 Å². The molecule has 0 spiro atoms. The van der Waals surface area contributed by atoms with Crippen molar-refractivity contribution in [2.75, 3.05) is 32.1 Å². The zero-order chi connectivity index (χ0) is 20.9. The number of benzene rings is 1. The number of halogens is 3. The molecule has 12 heteroatoms. The monoisotopic (exact) mass is 421 g/mol. The number of carbonyl (C=O) groups is 1. The minimum absolute atomic E-state index is 0.0610. The Morgan fingerprint density at radius 2 is 2.04 bits per heavy atom. The number of carbonyl (C=O) groups excluding carboxylic acids is 1. The average molecular weight is 421 g/mol. The lowest BCUT2D eigenvalue weighted by Crippen LogP contribution is -2.40. The maximum Gasteiger partial charge on any atom is 0.416 e. The molecule has 2 rings (SSSR count). The van der Waals surface area contributed by atoms with E-state index in [1.54, 1.807) is 6.92 Å². The first-order valence-corrected chi connectivity index (χ1v) is 9.37. The summed E-state index contributed by atoms with van der Waals surface area (Å²) in [5.74, 6) is -0.214. The van der Waals surface area contributed by atoms with Crippen LogP contribution in [-0.4, -0.2) is 50.6 Å². The Bertz CT molecular complexity index is 928. The summed E-state index contributed by atoms with van der Waals surface area (Å²) in [5.41, 5.74) is -1.11. The molecular formula is C16H18F3N3O5S. The molecule has 0 aliphatic carbocycles. The van der Waals surface area contributed by atoms with E-state index in [9.17, 15) is 26.4 Å². The Balaban J connectivity index is 2.26. The summed E-state index contributed by atoms with van der Waals surface area (Å²) in [7, 11) is -3.06. The second-order valence-corrected chi connectivity index (χ2v) is 7.67. The number of aryl methyl sites for hydroxylation is 1. The summed E-state index contributed by atoms with van der Waals surface area (Å²) in [6.07, 6.45) is -4.70. The van der Waals surface area contributed by atoms with Crippen LogP contribution < -0.4 is 5.32 Å². The van der Waals surface area contributed by atoms with Crippen LogP contribution in [0.4, 0.5) is 19.0 Å². The molecule has 1 aromatic carbocycles. The molecule has 0 fully saturated rings. The van der Waals surface area contributed by atoms with Crippen molar-refractivity contribution in [3.05, 3.63) is 41.7 Å². The third-order valence-electron chi connectivity index (χ3n) is 3.56. The van der Waals surface area contributed by atoms with Gasteiger partial charge in [-0.1, -0.05) is 11.2 Å². The van der Waals surface area contributed by atoms with Crippen LogP contribution in [-0.2, 0) is 25.7 Å². The van der Waals surface area contributed by atoms with Crippen molar-refractivity contribution in [1.29, 1.82) is 0 Å². The Morgan fingerprint density at radius 1 is 1.32 bits per heavy atom. The molecule has 1 aromatic heterocycles. The van der Waals surface area contributed by atoms with Crippen molar-refractivity contribution < 1.29 is 35.6 Å². The molecule has 28 heavy (non-hydrogen) atoms. The van der Waals surface area contributed by atoms with Crippen LogP contribution in [0.1, 0.15) is 11.3 Å². The molecule has 0 saturated carbocycles. The summed E-state index contributed by atoms with van der Waals surface area (Å²) in [6, 6.07) is 4.73. The van der Waals surface area contributed by atoms with Crippen molar-refractivity contribution in [2.45, 2.75) is 18.0 Å². The number of hydrogen-bond donors (Lipinski definition) is 1. The summed E-state index contributed by atoms with van der Waals surface area (Å²) in [6.45, 7) is 0.661. The third kappa shape index (κ3) is 5.53. The summed E-state index contributed by atoms with van der Waals surface area (Å²) >= 11 is 0. The minimum atomic E-state index is -4.70. The highest BCUT2D eigenvalue weighted by molar-refractivity contribution is 7.89. The molecule has 1 heterocycles. The maximum atomic E-state index is 12.9. The number of amides is 1. The molecular weight excluding hydrogens is 403 g/mol. The quantitative estimate of drug-likeness (QED) is 0.702. The summed E-state index contributed by atoms with van der Waals surface area (Å²) in [4.78, 5) is 11.6. The molecule has 0 unspecified atom stereocenters. The number of hydrogen-bond acceptors (Lipinski definition) is 6. The molecule has 0 aliphatic rings. The zero-order valence-corrected chi connectivity index (χ0v) is 15.8. The van der Waals surface area contributed by atoms with Crippen LogP contribution >= 0.6 is 0 Å². The van der Waals surface area contributed by atoms with Gasteiger partial charge in [0, 0.05) is 19.7 Å².